The van der Waals surface area contributed by atoms with Gasteiger partial charge >= 0.3 is 0 Å². The van der Waals surface area contributed by atoms with Crippen LogP contribution in [0.3, 0.4) is 0 Å². The highest BCUT2D eigenvalue weighted by Crippen LogP contribution is 2.37. The minimum Gasteiger partial charge on any atom is -0.248 e. The lowest BCUT2D eigenvalue weighted by Gasteiger charge is -2.23. The molecule has 2 nitrogen and oxygen atoms in total. The highest BCUT2D eigenvalue weighted by Gasteiger charge is 2.23. The molecule has 2 unspecified atom stereocenters. The summed E-state index contributed by atoms with van der Waals surface area (Å²) >= 11 is 4.30. The third-order valence-corrected chi connectivity index (χ3v) is 8.68. The third kappa shape index (κ3) is 5.47. The largest absolute Gasteiger partial charge is 0.248 e. The quantitative estimate of drug-likeness (QED) is 0.567. The molecule has 2 aromatic rings. The Morgan fingerprint density at radius 1 is 0.893 bits per heavy atom. The fraction of sp³-hybridized carbons (Fsp3) is 0.652. The van der Waals surface area contributed by atoms with Gasteiger partial charge in [-0.15, -0.1) is 0 Å². The average Bonchev–Trinajstić information content (AvgIpc) is 2.79. The Hall–Kier alpha value is -0.675. The Kier molecular flexibility index (Phi) is 7.64. The Labute approximate surface area is 179 Å². The van der Waals surface area contributed by atoms with E-state index in [1.165, 1.54) is 74.6 Å². The summed E-state index contributed by atoms with van der Waals surface area (Å²) in [5, 5.41) is 1.59. The van der Waals surface area contributed by atoms with E-state index in [-0.39, 0.29) is 0 Å². The molecule has 1 aromatic heterocycles. The van der Waals surface area contributed by atoms with Gasteiger partial charge in [-0.3, -0.25) is 0 Å². The van der Waals surface area contributed by atoms with E-state index in [0.29, 0.717) is 0 Å². The van der Waals surface area contributed by atoms with Crippen molar-refractivity contribution in [3.63, 3.8) is 0 Å². The fourth-order valence-electron chi connectivity index (χ4n) is 4.31. The number of nitrogens with zero attached hydrogens (tertiary/aromatic N) is 2. The number of aromatic nitrogens is 2. The number of thioether (sulfide) groups is 2. The van der Waals surface area contributed by atoms with Crippen LogP contribution in [-0.4, -0.2) is 27.7 Å². The minimum absolute atomic E-state index is 0.795. The van der Waals surface area contributed by atoms with Gasteiger partial charge in [-0.25, -0.2) is 9.97 Å². The van der Waals surface area contributed by atoms with Crippen molar-refractivity contribution in [2.45, 2.75) is 93.0 Å². The van der Waals surface area contributed by atoms with Crippen LogP contribution >= 0.6 is 23.5 Å². The van der Waals surface area contributed by atoms with E-state index in [4.69, 9.17) is 9.97 Å². The zero-order chi connectivity index (χ0) is 19.2. The van der Waals surface area contributed by atoms with E-state index in [9.17, 15) is 0 Å². The lowest BCUT2D eigenvalue weighted by molar-refractivity contribution is 0.518. The van der Waals surface area contributed by atoms with Crippen molar-refractivity contribution in [1.82, 2.24) is 9.97 Å². The smallest absolute Gasteiger partial charge is 0.151 e. The number of hydrogen-bond acceptors (Lipinski definition) is 4. The van der Waals surface area contributed by atoms with Gasteiger partial charge in [-0.05, 0) is 31.4 Å². The monoisotopic (exact) mass is 411 g/mol. The molecule has 0 N–H and O–H groups in total. The van der Waals surface area contributed by atoms with Crippen molar-refractivity contribution in [3.8, 4) is 0 Å². The number of fused-ring (bicyclic) bond motifs is 4. The van der Waals surface area contributed by atoms with Crippen LogP contribution in [-0.2, 0) is 11.5 Å². The minimum atomic E-state index is 0.795. The van der Waals surface area contributed by atoms with Crippen LogP contribution in [0, 0.1) is 0 Å². The summed E-state index contributed by atoms with van der Waals surface area (Å²) in [6.45, 7) is 2.22. The molecule has 0 amide bonds. The second-order valence-corrected chi connectivity index (χ2v) is 10.9. The summed E-state index contributed by atoms with van der Waals surface area (Å²) in [6, 6.07) is 6.59. The number of benzene rings is 1. The molecule has 2 atom stereocenters. The second-order valence-electron chi connectivity index (χ2n) is 8.30. The summed E-state index contributed by atoms with van der Waals surface area (Å²) in [5.41, 5.74) is 5.88. The molecule has 0 saturated heterocycles. The molecular formula is C23H32BN2S2. The Bertz CT molecular complexity index is 783. The number of hydrogen-bond donors (Lipinski definition) is 0. The van der Waals surface area contributed by atoms with E-state index in [0.717, 1.165) is 39.4 Å². The SMILES string of the molecule is CCC[B]c1ccc2nc3c(nc2c1)CSC1CCCCCCCC(C1)SC3. The first-order valence-corrected chi connectivity index (χ1v) is 13.3. The lowest BCUT2D eigenvalue weighted by Crippen LogP contribution is -2.14. The summed E-state index contributed by atoms with van der Waals surface area (Å²) in [5.74, 6) is 2.05. The summed E-state index contributed by atoms with van der Waals surface area (Å²) in [4.78, 5) is 10.2. The second kappa shape index (κ2) is 10.4. The van der Waals surface area contributed by atoms with Crippen LogP contribution in [0.2, 0.25) is 6.32 Å². The summed E-state index contributed by atoms with van der Waals surface area (Å²) < 4.78 is 0. The predicted molar refractivity (Wildman–Crippen MR) is 127 cm³/mol. The van der Waals surface area contributed by atoms with E-state index in [2.05, 4.69) is 55.9 Å². The van der Waals surface area contributed by atoms with Gasteiger partial charge in [0.05, 0.1) is 22.4 Å². The molecule has 1 saturated carbocycles. The summed E-state index contributed by atoms with van der Waals surface area (Å²) in [7, 11) is 2.32. The Morgan fingerprint density at radius 3 is 2.21 bits per heavy atom. The van der Waals surface area contributed by atoms with E-state index < -0.39 is 0 Å². The van der Waals surface area contributed by atoms with Gasteiger partial charge in [0.25, 0.3) is 0 Å². The molecule has 149 valence electrons. The van der Waals surface area contributed by atoms with Crippen molar-refractivity contribution in [2.75, 3.05) is 0 Å². The standard InChI is InChI=1S/C23H32BN2S2/c1-2-12-24-17-10-11-20-21(13-17)26-23-16-28-19-9-7-5-3-4-6-8-18(14-19)27-15-22(23)25-20/h10-11,13,18-19H,2-9,12,14-16H2,1H3. The molecule has 2 heterocycles. The molecule has 1 aliphatic carbocycles. The average molecular weight is 411 g/mol. The van der Waals surface area contributed by atoms with Crippen molar-refractivity contribution in [3.05, 3.63) is 29.6 Å². The zero-order valence-corrected chi connectivity index (χ0v) is 18.8. The van der Waals surface area contributed by atoms with Gasteiger partial charge in [0.1, 0.15) is 0 Å². The van der Waals surface area contributed by atoms with Crippen LogP contribution in [0.1, 0.15) is 76.1 Å². The van der Waals surface area contributed by atoms with Gasteiger partial charge < -0.3 is 0 Å². The molecule has 28 heavy (non-hydrogen) atoms. The molecule has 1 aliphatic heterocycles. The van der Waals surface area contributed by atoms with Gasteiger partial charge in [-0.2, -0.15) is 23.5 Å². The molecular weight excluding hydrogens is 379 g/mol. The Balaban J connectivity index is 1.59. The zero-order valence-electron chi connectivity index (χ0n) is 17.2. The fourth-order valence-corrected chi connectivity index (χ4v) is 7.09. The van der Waals surface area contributed by atoms with Crippen LogP contribution in [0.4, 0.5) is 0 Å². The van der Waals surface area contributed by atoms with Crippen LogP contribution in [0.15, 0.2) is 18.2 Å². The highest BCUT2D eigenvalue weighted by atomic mass is 32.2. The molecule has 4 rings (SSSR count). The first kappa shape index (κ1) is 20.6. The number of rotatable bonds is 3. The molecule has 2 aliphatic rings. The van der Waals surface area contributed by atoms with Crippen molar-refractivity contribution in [1.29, 1.82) is 0 Å². The molecule has 0 spiro atoms. The first-order chi connectivity index (χ1) is 13.8. The molecule has 1 fully saturated rings. The maximum atomic E-state index is 5.11. The van der Waals surface area contributed by atoms with E-state index >= 15 is 0 Å². The maximum absolute atomic E-state index is 5.11. The maximum Gasteiger partial charge on any atom is 0.151 e. The van der Waals surface area contributed by atoms with Crippen LogP contribution in [0.5, 0.6) is 0 Å². The van der Waals surface area contributed by atoms with Crippen LogP contribution < -0.4 is 5.46 Å². The molecule has 2 bridgehead atoms. The summed E-state index contributed by atoms with van der Waals surface area (Å²) in [6.07, 6.45) is 13.5. The lowest BCUT2D eigenvalue weighted by atomic mass is 9.66. The van der Waals surface area contributed by atoms with E-state index in [1.807, 2.05) is 0 Å². The Morgan fingerprint density at radius 2 is 1.54 bits per heavy atom. The topological polar surface area (TPSA) is 25.8 Å². The predicted octanol–water partition coefficient (Wildman–Crippen LogP) is 6.14. The van der Waals surface area contributed by atoms with Crippen molar-refractivity contribution in [2.24, 2.45) is 0 Å². The van der Waals surface area contributed by atoms with Gasteiger partial charge in [0.2, 0.25) is 0 Å². The van der Waals surface area contributed by atoms with Gasteiger partial charge in [0, 0.05) is 22.0 Å². The van der Waals surface area contributed by atoms with Crippen molar-refractivity contribution < 1.29 is 0 Å². The molecule has 5 heteroatoms. The van der Waals surface area contributed by atoms with Crippen LogP contribution in [0.25, 0.3) is 11.0 Å². The first-order valence-electron chi connectivity index (χ1n) is 11.2. The van der Waals surface area contributed by atoms with Crippen molar-refractivity contribution >= 4 is 47.3 Å². The highest BCUT2D eigenvalue weighted by molar-refractivity contribution is 8.00. The van der Waals surface area contributed by atoms with Gasteiger partial charge in [0.15, 0.2) is 7.28 Å². The molecule has 1 aromatic carbocycles. The normalized spacial score (nSPS) is 23.9. The third-order valence-electron chi connectivity index (χ3n) is 6.00. The van der Waals surface area contributed by atoms with E-state index in [1.54, 1.807) is 0 Å². The van der Waals surface area contributed by atoms with Gasteiger partial charge in [-0.1, -0.05) is 63.3 Å². The molecule has 1 radical (unpaired) electrons.